The fourth-order valence-electron chi connectivity index (χ4n) is 2.47. The van der Waals surface area contributed by atoms with Crippen LogP contribution in [0.2, 0.25) is 0 Å². The number of nitrogens with one attached hydrogen (secondary N) is 2. The number of aromatic nitrogens is 1. The molecule has 3 nitrogen and oxygen atoms in total. The number of halogens is 1. The van der Waals surface area contributed by atoms with Gasteiger partial charge in [0.1, 0.15) is 11.5 Å². The van der Waals surface area contributed by atoms with E-state index in [9.17, 15) is 9.18 Å². The van der Waals surface area contributed by atoms with Crippen LogP contribution in [0.4, 0.5) is 4.39 Å². The number of carbonyl (C=O) groups excluding carboxylic acids is 1. The largest absolute Gasteiger partial charge is 0.351 e. The van der Waals surface area contributed by atoms with Crippen molar-refractivity contribution in [1.82, 2.24) is 10.3 Å². The molecule has 1 unspecified atom stereocenters. The van der Waals surface area contributed by atoms with Crippen molar-refractivity contribution in [1.29, 1.82) is 0 Å². The molecule has 2 N–H and O–H groups in total. The third kappa shape index (κ3) is 3.01. The third-order valence-electron chi connectivity index (χ3n) is 3.76. The lowest BCUT2D eigenvalue weighted by atomic mass is 10.0. The molecule has 0 aliphatic carbocycles. The lowest BCUT2D eigenvalue weighted by Gasteiger charge is -2.12. The molecule has 22 heavy (non-hydrogen) atoms. The van der Waals surface area contributed by atoms with Gasteiger partial charge in [-0.1, -0.05) is 37.3 Å². The summed E-state index contributed by atoms with van der Waals surface area (Å²) in [6, 6.07) is 16.1. The Bertz CT molecular complexity index is 795. The maximum absolute atomic E-state index is 13.2. The topological polar surface area (TPSA) is 44.9 Å². The first-order valence-corrected chi connectivity index (χ1v) is 7.25. The summed E-state index contributed by atoms with van der Waals surface area (Å²) in [6.07, 6.45) is 0. The Kier molecular flexibility index (Phi) is 3.92. The van der Waals surface area contributed by atoms with Gasteiger partial charge in [0.15, 0.2) is 0 Å². The molecular weight excluding hydrogens is 279 g/mol. The van der Waals surface area contributed by atoms with E-state index in [0.29, 0.717) is 17.6 Å². The highest BCUT2D eigenvalue weighted by atomic mass is 19.1. The molecule has 0 radical (unpaired) electrons. The lowest BCUT2D eigenvalue weighted by molar-refractivity contribution is 0.0947. The second kappa shape index (κ2) is 6.02. The summed E-state index contributed by atoms with van der Waals surface area (Å²) in [5.41, 5.74) is 2.38. The van der Waals surface area contributed by atoms with Crippen molar-refractivity contribution in [2.24, 2.45) is 0 Å². The number of H-pyrrole nitrogens is 1. The van der Waals surface area contributed by atoms with Crippen LogP contribution in [0, 0.1) is 5.82 Å². The summed E-state index contributed by atoms with van der Waals surface area (Å²) in [4.78, 5) is 15.2. The summed E-state index contributed by atoms with van der Waals surface area (Å²) in [5.74, 6) is -0.262. The first-order chi connectivity index (χ1) is 10.6. The lowest BCUT2D eigenvalue weighted by Crippen LogP contribution is -2.27. The van der Waals surface area contributed by atoms with Gasteiger partial charge in [0.25, 0.3) is 5.91 Å². The molecule has 1 atom stereocenters. The average Bonchev–Trinajstić information content (AvgIpc) is 2.96. The molecule has 3 rings (SSSR count). The summed E-state index contributed by atoms with van der Waals surface area (Å²) < 4.78 is 13.2. The Labute approximate surface area is 128 Å². The quantitative estimate of drug-likeness (QED) is 0.755. The molecular formula is C18H17FN2O. The zero-order valence-electron chi connectivity index (χ0n) is 12.3. The maximum Gasteiger partial charge on any atom is 0.267 e. The molecule has 0 bridgehead atoms. The number of hydrogen-bond donors (Lipinski definition) is 2. The van der Waals surface area contributed by atoms with Crippen molar-refractivity contribution in [2.45, 2.75) is 12.8 Å². The molecule has 0 saturated carbocycles. The SMILES string of the molecule is CC(CNC(=O)c1cc2cc(F)ccc2[nH]1)c1ccccc1. The molecule has 0 spiro atoms. The van der Waals surface area contributed by atoms with E-state index in [1.165, 1.54) is 17.7 Å². The molecule has 1 aromatic heterocycles. The maximum atomic E-state index is 13.2. The second-order valence-electron chi connectivity index (χ2n) is 5.44. The minimum atomic E-state index is -0.309. The van der Waals surface area contributed by atoms with E-state index in [2.05, 4.69) is 17.2 Å². The highest BCUT2D eigenvalue weighted by molar-refractivity contribution is 5.98. The predicted octanol–water partition coefficient (Wildman–Crippen LogP) is 3.84. The Morgan fingerprint density at radius 1 is 1.18 bits per heavy atom. The van der Waals surface area contributed by atoms with E-state index in [4.69, 9.17) is 0 Å². The number of carbonyl (C=O) groups is 1. The van der Waals surface area contributed by atoms with E-state index in [-0.39, 0.29) is 17.6 Å². The number of amides is 1. The van der Waals surface area contributed by atoms with Crippen LogP contribution in [-0.2, 0) is 0 Å². The Morgan fingerprint density at radius 2 is 1.95 bits per heavy atom. The highest BCUT2D eigenvalue weighted by Crippen LogP contribution is 2.17. The minimum absolute atomic E-state index is 0.181. The standard InChI is InChI=1S/C18H17FN2O/c1-12(13-5-3-2-4-6-13)11-20-18(22)17-10-14-9-15(19)7-8-16(14)21-17/h2-10,12,21H,11H2,1H3,(H,20,22). The van der Waals surface area contributed by atoms with Gasteiger partial charge in [0.05, 0.1) is 0 Å². The zero-order chi connectivity index (χ0) is 15.5. The molecule has 1 amide bonds. The number of benzene rings is 2. The van der Waals surface area contributed by atoms with E-state index in [1.807, 2.05) is 30.3 Å². The van der Waals surface area contributed by atoms with Crippen LogP contribution in [0.3, 0.4) is 0 Å². The van der Waals surface area contributed by atoms with Crippen LogP contribution >= 0.6 is 0 Å². The van der Waals surface area contributed by atoms with Crippen molar-refractivity contribution in [3.63, 3.8) is 0 Å². The van der Waals surface area contributed by atoms with Crippen molar-refractivity contribution in [2.75, 3.05) is 6.54 Å². The number of fused-ring (bicyclic) bond motifs is 1. The van der Waals surface area contributed by atoms with E-state index in [0.717, 1.165) is 5.52 Å². The first-order valence-electron chi connectivity index (χ1n) is 7.25. The Hall–Kier alpha value is -2.62. The first kappa shape index (κ1) is 14.3. The molecule has 0 fully saturated rings. The van der Waals surface area contributed by atoms with Crippen molar-refractivity contribution < 1.29 is 9.18 Å². The predicted molar refractivity (Wildman–Crippen MR) is 85.4 cm³/mol. The average molecular weight is 296 g/mol. The number of aromatic amines is 1. The highest BCUT2D eigenvalue weighted by Gasteiger charge is 2.12. The minimum Gasteiger partial charge on any atom is -0.351 e. The zero-order valence-corrected chi connectivity index (χ0v) is 12.3. The molecule has 0 saturated heterocycles. The van der Waals surface area contributed by atoms with Crippen LogP contribution < -0.4 is 5.32 Å². The summed E-state index contributed by atoms with van der Waals surface area (Å²) in [6.45, 7) is 2.61. The Morgan fingerprint density at radius 3 is 2.73 bits per heavy atom. The number of hydrogen-bond acceptors (Lipinski definition) is 1. The molecule has 3 aromatic rings. The van der Waals surface area contributed by atoms with Gasteiger partial charge < -0.3 is 10.3 Å². The van der Waals surface area contributed by atoms with Gasteiger partial charge in [-0.25, -0.2) is 4.39 Å². The molecule has 0 aliphatic heterocycles. The van der Waals surface area contributed by atoms with Crippen LogP contribution in [0.5, 0.6) is 0 Å². The van der Waals surface area contributed by atoms with Gasteiger partial charge in [-0.3, -0.25) is 4.79 Å². The second-order valence-corrected chi connectivity index (χ2v) is 5.44. The van der Waals surface area contributed by atoms with Gasteiger partial charge in [-0.05, 0) is 35.7 Å². The number of rotatable bonds is 4. The fraction of sp³-hybridized carbons (Fsp3) is 0.167. The molecule has 0 aliphatic rings. The van der Waals surface area contributed by atoms with Crippen molar-refractivity contribution in [3.05, 3.63) is 71.7 Å². The van der Waals surface area contributed by atoms with Gasteiger partial charge >= 0.3 is 0 Å². The molecule has 112 valence electrons. The molecule has 4 heteroatoms. The summed E-state index contributed by atoms with van der Waals surface area (Å²) in [5, 5.41) is 3.60. The monoisotopic (exact) mass is 296 g/mol. The van der Waals surface area contributed by atoms with Crippen LogP contribution in [0.1, 0.15) is 28.9 Å². The van der Waals surface area contributed by atoms with Gasteiger partial charge in [0.2, 0.25) is 0 Å². The molecule has 1 heterocycles. The van der Waals surface area contributed by atoms with Crippen molar-refractivity contribution >= 4 is 16.8 Å². The van der Waals surface area contributed by atoms with E-state index >= 15 is 0 Å². The summed E-state index contributed by atoms with van der Waals surface area (Å²) in [7, 11) is 0. The fourth-order valence-corrected chi connectivity index (χ4v) is 2.47. The summed E-state index contributed by atoms with van der Waals surface area (Å²) >= 11 is 0. The van der Waals surface area contributed by atoms with Crippen LogP contribution in [0.25, 0.3) is 10.9 Å². The van der Waals surface area contributed by atoms with Crippen molar-refractivity contribution in [3.8, 4) is 0 Å². The van der Waals surface area contributed by atoms with Crippen LogP contribution in [-0.4, -0.2) is 17.4 Å². The third-order valence-corrected chi connectivity index (χ3v) is 3.76. The van der Waals surface area contributed by atoms with Gasteiger partial charge in [0, 0.05) is 17.4 Å². The van der Waals surface area contributed by atoms with Gasteiger partial charge in [-0.15, -0.1) is 0 Å². The van der Waals surface area contributed by atoms with E-state index < -0.39 is 0 Å². The molecule has 2 aromatic carbocycles. The van der Waals surface area contributed by atoms with Crippen LogP contribution in [0.15, 0.2) is 54.6 Å². The smallest absolute Gasteiger partial charge is 0.267 e. The van der Waals surface area contributed by atoms with E-state index in [1.54, 1.807) is 12.1 Å². The Balaban J connectivity index is 1.68. The normalized spacial score (nSPS) is 12.3. The van der Waals surface area contributed by atoms with Gasteiger partial charge in [-0.2, -0.15) is 0 Å².